The summed E-state index contributed by atoms with van der Waals surface area (Å²) in [5, 5.41) is 14.2. The number of aromatic amines is 1. The van der Waals surface area contributed by atoms with Gasteiger partial charge in [-0.25, -0.2) is 0 Å². The van der Waals surface area contributed by atoms with E-state index in [1.807, 2.05) is 6.07 Å². The quantitative estimate of drug-likeness (QED) is 0.724. The van der Waals surface area contributed by atoms with Crippen molar-refractivity contribution in [2.45, 2.75) is 0 Å². The number of benzene rings is 1. The molecule has 1 aromatic carbocycles. The smallest absolute Gasteiger partial charge is 0.262 e. The van der Waals surface area contributed by atoms with Crippen molar-refractivity contribution < 1.29 is 5.11 Å². The Labute approximate surface area is 110 Å². The Hall–Kier alpha value is -2.08. The second kappa shape index (κ2) is 3.99. The Kier molecular flexibility index (Phi) is 2.45. The van der Waals surface area contributed by atoms with Gasteiger partial charge in [-0.05, 0) is 21.5 Å². The molecule has 90 valence electrons. The summed E-state index contributed by atoms with van der Waals surface area (Å²) in [6.07, 6.45) is 1.51. The highest BCUT2D eigenvalue weighted by atomic mass is 79.9. The lowest BCUT2D eigenvalue weighted by molar-refractivity contribution is 0.437. The monoisotopic (exact) mass is 305 g/mol. The van der Waals surface area contributed by atoms with E-state index in [0.29, 0.717) is 15.7 Å². The van der Waals surface area contributed by atoms with E-state index in [-0.39, 0.29) is 17.0 Å². The van der Waals surface area contributed by atoms with Crippen molar-refractivity contribution in [3.63, 3.8) is 0 Å². The van der Waals surface area contributed by atoms with Gasteiger partial charge in [0.1, 0.15) is 5.56 Å². The van der Waals surface area contributed by atoms with Crippen LogP contribution in [-0.2, 0) is 0 Å². The molecule has 2 N–H and O–H groups in total. The zero-order valence-corrected chi connectivity index (χ0v) is 10.7. The molecule has 0 fully saturated rings. The van der Waals surface area contributed by atoms with Gasteiger partial charge in [0, 0.05) is 0 Å². The summed E-state index contributed by atoms with van der Waals surface area (Å²) < 4.78 is 1.91. The number of rotatable bonds is 1. The van der Waals surface area contributed by atoms with Crippen molar-refractivity contribution in [3.05, 3.63) is 51.4 Å². The van der Waals surface area contributed by atoms with Gasteiger partial charge >= 0.3 is 0 Å². The van der Waals surface area contributed by atoms with Crippen molar-refractivity contribution in [2.24, 2.45) is 0 Å². The Morgan fingerprint density at radius 3 is 2.72 bits per heavy atom. The molecule has 3 aromatic rings. The SMILES string of the molecule is O=c1[nH]c2c(Br)cnn2c(O)c1-c1ccccc1. The van der Waals surface area contributed by atoms with Crippen LogP contribution in [0.3, 0.4) is 0 Å². The Bertz CT molecular complexity index is 777. The molecule has 0 aliphatic rings. The predicted octanol–water partition coefficient (Wildman–Crippen LogP) is 2.16. The van der Waals surface area contributed by atoms with Crippen molar-refractivity contribution in [1.29, 1.82) is 0 Å². The van der Waals surface area contributed by atoms with Gasteiger partial charge in [0.25, 0.3) is 5.56 Å². The highest BCUT2D eigenvalue weighted by Gasteiger charge is 2.15. The molecule has 0 aliphatic carbocycles. The topological polar surface area (TPSA) is 70.4 Å². The summed E-state index contributed by atoms with van der Waals surface area (Å²) in [6, 6.07) is 8.97. The molecule has 6 heteroatoms. The van der Waals surface area contributed by atoms with Crippen molar-refractivity contribution in [3.8, 4) is 17.0 Å². The van der Waals surface area contributed by atoms with Crippen LogP contribution in [0, 0.1) is 0 Å². The van der Waals surface area contributed by atoms with E-state index in [1.54, 1.807) is 24.3 Å². The van der Waals surface area contributed by atoms with Crippen molar-refractivity contribution in [1.82, 2.24) is 14.6 Å². The number of fused-ring (bicyclic) bond motifs is 1. The maximum absolute atomic E-state index is 12.0. The Morgan fingerprint density at radius 1 is 1.28 bits per heavy atom. The van der Waals surface area contributed by atoms with Crippen LogP contribution in [0.25, 0.3) is 16.8 Å². The van der Waals surface area contributed by atoms with E-state index >= 15 is 0 Å². The maximum Gasteiger partial charge on any atom is 0.262 e. The first kappa shape index (κ1) is 11.0. The molecule has 3 rings (SSSR count). The highest BCUT2D eigenvalue weighted by molar-refractivity contribution is 9.10. The number of nitrogens with one attached hydrogen (secondary N) is 1. The van der Waals surface area contributed by atoms with Crippen molar-refractivity contribution in [2.75, 3.05) is 0 Å². The second-order valence-corrected chi connectivity index (χ2v) is 4.63. The summed E-state index contributed by atoms with van der Waals surface area (Å²) in [5.41, 5.74) is 0.924. The predicted molar refractivity (Wildman–Crippen MR) is 70.6 cm³/mol. The molecule has 18 heavy (non-hydrogen) atoms. The van der Waals surface area contributed by atoms with Gasteiger partial charge in [0.05, 0.1) is 10.7 Å². The third kappa shape index (κ3) is 1.53. The molecule has 2 heterocycles. The highest BCUT2D eigenvalue weighted by Crippen LogP contribution is 2.27. The van der Waals surface area contributed by atoms with Gasteiger partial charge in [0.15, 0.2) is 5.65 Å². The minimum absolute atomic E-state index is 0.175. The van der Waals surface area contributed by atoms with Gasteiger partial charge in [-0.1, -0.05) is 30.3 Å². The normalized spacial score (nSPS) is 10.9. The molecule has 0 amide bonds. The van der Waals surface area contributed by atoms with Crippen LogP contribution in [0.2, 0.25) is 0 Å². The summed E-state index contributed by atoms with van der Waals surface area (Å²) >= 11 is 3.25. The summed E-state index contributed by atoms with van der Waals surface area (Å²) in [4.78, 5) is 14.7. The molecule has 0 atom stereocenters. The molecule has 0 aliphatic heterocycles. The molecular formula is C12H8BrN3O2. The minimum Gasteiger partial charge on any atom is -0.493 e. The van der Waals surface area contributed by atoms with Crippen LogP contribution >= 0.6 is 15.9 Å². The fourth-order valence-corrected chi connectivity index (χ4v) is 2.20. The van der Waals surface area contributed by atoms with E-state index in [9.17, 15) is 9.90 Å². The molecule has 2 aromatic heterocycles. The number of H-pyrrole nitrogens is 1. The molecule has 0 unspecified atom stereocenters. The minimum atomic E-state index is -0.354. The lowest BCUT2D eigenvalue weighted by Crippen LogP contribution is -2.12. The lowest BCUT2D eigenvalue weighted by atomic mass is 10.1. The number of aromatic hydroxyl groups is 1. The first-order valence-corrected chi connectivity index (χ1v) is 6.01. The summed E-state index contributed by atoms with van der Waals surface area (Å²) in [5.74, 6) is -0.175. The molecule has 0 bridgehead atoms. The largest absolute Gasteiger partial charge is 0.493 e. The Balaban J connectivity index is 2.41. The molecule has 5 nitrogen and oxygen atoms in total. The van der Waals surface area contributed by atoms with Crippen LogP contribution in [0.4, 0.5) is 0 Å². The third-order valence-electron chi connectivity index (χ3n) is 2.67. The van der Waals surface area contributed by atoms with Gasteiger partial charge in [-0.2, -0.15) is 9.61 Å². The summed E-state index contributed by atoms with van der Waals surface area (Å²) in [6.45, 7) is 0. The van der Waals surface area contributed by atoms with Crippen LogP contribution in [0.5, 0.6) is 5.88 Å². The fraction of sp³-hybridized carbons (Fsp3) is 0. The number of hydrogen-bond acceptors (Lipinski definition) is 3. The molecule has 0 spiro atoms. The van der Waals surface area contributed by atoms with E-state index in [0.717, 1.165) is 0 Å². The molecule has 0 saturated carbocycles. The first-order chi connectivity index (χ1) is 8.68. The van der Waals surface area contributed by atoms with Crippen LogP contribution in [-0.4, -0.2) is 19.7 Å². The molecule has 0 saturated heterocycles. The van der Waals surface area contributed by atoms with Gasteiger partial charge in [-0.3, -0.25) is 4.79 Å². The second-order valence-electron chi connectivity index (χ2n) is 3.77. The zero-order valence-electron chi connectivity index (χ0n) is 9.09. The zero-order chi connectivity index (χ0) is 12.7. The van der Waals surface area contributed by atoms with Crippen LogP contribution in [0.1, 0.15) is 0 Å². The number of halogens is 1. The maximum atomic E-state index is 12.0. The molecule has 0 radical (unpaired) electrons. The van der Waals surface area contributed by atoms with Gasteiger partial charge in [0.2, 0.25) is 5.88 Å². The van der Waals surface area contributed by atoms with E-state index in [2.05, 4.69) is 26.0 Å². The summed E-state index contributed by atoms with van der Waals surface area (Å²) in [7, 11) is 0. The standard InChI is InChI=1S/C12H8BrN3O2/c13-8-6-14-16-10(8)15-11(17)9(12(16)18)7-4-2-1-3-5-7/h1-6,18H,(H,15,17). The fourth-order valence-electron chi connectivity index (χ4n) is 1.84. The van der Waals surface area contributed by atoms with Crippen molar-refractivity contribution >= 4 is 21.6 Å². The average Bonchev–Trinajstić information content (AvgIpc) is 2.73. The third-order valence-corrected chi connectivity index (χ3v) is 3.25. The van der Waals surface area contributed by atoms with E-state index in [4.69, 9.17) is 0 Å². The average molecular weight is 306 g/mol. The van der Waals surface area contributed by atoms with E-state index in [1.165, 1.54) is 10.7 Å². The van der Waals surface area contributed by atoms with E-state index < -0.39 is 0 Å². The lowest BCUT2D eigenvalue weighted by Gasteiger charge is -2.05. The van der Waals surface area contributed by atoms with Gasteiger partial charge < -0.3 is 10.1 Å². The number of hydrogen-bond donors (Lipinski definition) is 2. The van der Waals surface area contributed by atoms with Gasteiger partial charge in [-0.15, -0.1) is 0 Å². The van der Waals surface area contributed by atoms with Crippen LogP contribution in [0.15, 0.2) is 45.8 Å². The van der Waals surface area contributed by atoms with Crippen LogP contribution < -0.4 is 5.56 Å². The Morgan fingerprint density at radius 2 is 2.00 bits per heavy atom. The number of aromatic nitrogens is 3. The molecular weight excluding hydrogens is 298 g/mol. The number of nitrogens with zero attached hydrogens (tertiary/aromatic N) is 2. The first-order valence-electron chi connectivity index (χ1n) is 5.22.